The van der Waals surface area contributed by atoms with Gasteiger partial charge < -0.3 is 9.55 Å². The maximum Gasteiger partial charge on any atom is 0.415 e. The number of imidazole rings is 1. The number of halogens is 3. The molecule has 8 heteroatoms. The fourth-order valence-electron chi connectivity index (χ4n) is 5.65. The van der Waals surface area contributed by atoms with E-state index >= 15 is 0 Å². The van der Waals surface area contributed by atoms with Gasteiger partial charge in [-0.15, -0.1) is 40.8 Å². The summed E-state index contributed by atoms with van der Waals surface area (Å²) < 4.78 is 87.1. The Morgan fingerprint density at radius 1 is 0.837 bits per heavy atom. The Hall–Kier alpha value is -4.10. The molecule has 0 N–H and O–H groups in total. The molecule has 0 aliphatic carbocycles. The Kier molecular flexibility index (Phi) is 8.67. The van der Waals surface area contributed by atoms with E-state index in [2.05, 4.69) is 66.9 Å². The van der Waals surface area contributed by atoms with Crippen molar-refractivity contribution in [2.24, 2.45) is 0 Å². The van der Waals surface area contributed by atoms with Crippen LogP contribution >= 0.6 is 11.3 Å². The first-order chi connectivity index (χ1) is 25.3. The predicted molar refractivity (Wildman–Crippen MR) is 192 cm³/mol. The normalized spacial score (nSPS) is 13.9. The number of rotatable bonds is 5. The molecule has 1 radical (unpaired) electrons. The number of aromatic nitrogens is 3. The molecule has 0 fully saturated rings. The summed E-state index contributed by atoms with van der Waals surface area (Å²) in [6.07, 6.45) is -3.11. The monoisotopic (exact) mass is 858 g/mol. The van der Waals surface area contributed by atoms with E-state index in [1.165, 1.54) is 59.0 Å². The van der Waals surface area contributed by atoms with Gasteiger partial charge in [0.2, 0.25) is 0 Å². The first-order valence-electron chi connectivity index (χ1n) is 18.5. The molecule has 253 valence electrons. The van der Waals surface area contributed by atoms with Crippen molar-refractivity contribution in [3.05, 3.63) is 136 Å². The van der Waals surface area contributed by atoms with Crippen molar-refractivity contribution in [2.75, 3.05) is 0 Å². The van der Waals surface area contributed by atoms with Gasteiger partial charge in [-0.1, -0.05) is 111 Å². The third-order valence-corrected chi connectivity index (χ3v) is 8.92. The van der Waals surface area contributed by atoms with Crippen LogP contribution in [0.4, 0.5) is 13.2 Å². The molecule has 3 aromatic heterocycles. The third-order valence-electron chi connectivity index (χ3n) is 8.04. The maximum atomic E-state index is 13.5. The number of hydrogen-bond acceptors (Lipinski definition) is 3. The number of nitrogens with zero attached hydrogens (tertiary/aromatic N) is 3. The van der Waals surface area contributed by atoms with Gasteiger partial charge in [-0.05, 0) is 53.2 Å². The molecule has 0 aliphatic heterocycles. The average Bonchev–Trinajstić information content (AvgIpc) is 3.71. The van der Waals surface area contributed by atoms with Crippen LogP contribution in [0.1, 0.15) is 75.6 Å². The summed E-state index contributed by atoms with van der Waals surface area (Å²) >= 11 is 1.32. The number of benzene rings is 4. The van der Waals surface area contributed by atoms with Crippen LogP contribution < -0.4 is 0 Å². The minimum atomic E-state index is -4.41. The summed E-state index contributed by atoms with van der Waals surface area (Å²) in [5, 5.41) is 3.79. The Balaban J connectivity index is 0.000000237. The van der Waals surface area contributed by atoms with E-state index in [1.807, 2.05) is 24.3 Å². The summed E-state index contributed by atoms with van der Waals surface area (Å²) in [6, 6.07) is 28.5. The molecule has 0 saturated carbocycles. The van der Waals surface area contributed by atoms with Gasteiger partial charge in [0, 0.05) is 45.8 Å². The number of fused-ring (bicyclic) bond motifs is 2. The van der Waals surface area contributed by atoms with Crippen LogP contribution in [-0.4, -0.2) is 14.5 Å². The quantitative estimate of drug-likeness (QED) is 0.162. The minimum absolute atomic E-state index is 0. The Labute approximate surface area is 311 Å². The summed E-state index contributed by atoms with van der Waals surface area (Å²) in [5.74, 6) is 1.12. The first-order valence-corrected chi connectivity index (χ1v) is 16.3. The number of aryl methyl sites for hydroxylation is 2. The Morgan fingerprint density at radius 3 is 2.16 bits per heavy atom. The van der Waals surface area contributed by atoms with Crippen molar-refractivity contribution < 1.29 is 41.5 Å². The summed E-state index contributed by atoms with van der Waals surface area (Å²) in [6.45, 7) is 4.29. The summed E-state index contributed by atoms with van der Waals surface area (Å²) in [4.78, 5) is 9.01. The number of pyridine rings is 1. The van der Waals surface area contributed by atoms with E-state index in [4.69, 9.17) is 13.2 Å². The second-order valence-electron chi connectivity index (χ2n) is 12.1. The zero-order valence-corrected chi connectivity index (χ0v) is 30.3. The van der Waals surface area contributed by atoms with Gasteiger partial charge in [-0.25, -0.2) is 0 Å². The van der Waals surface area contributed by atoms with Crippen molar-refractivity contribution in [2.45, 2.75) is 59.4 Å². The molecular formula is C41H36F3IrN3S-2. The van der Waals surface area contributed by atoms with Crippen LogP contribution in [0.2, 0.25) is 0 Å². The second-order valence-corrected chi connectivity index (χ2v) is 12.9. The predicted octanol–water partition coefficient (Wildman–Crippen LogP) is 12.1. The number of alkyl halides is 3. The zero-order chi connectivity index (χ0) is 39.2. The molecule has 0 bridgehead atoms. The number of thiophene rings is 1. The number of hydrogen-bond donors (Lipinski definition) is 0. The standard InChI is InChI=1S/C28H24F3N2S.C13H12N.Ir/c1-16(2)19-8-7-9-20(17(3)4)26(19)33-24-11-6-5-10-23(24)32-27(33)22-15-34-25-13-12-18(14-21(22)25)28(29,30)31;1-10-3-6-12(7-4-10)13-8-5-11(2)9-14-13;/h5-14,16-17H,1-4H3;3-6,8-9H,1-2H3;/q2*-1;/i;1D3,2D3;. The molecule has 3 heterocycles. The molecule has 4 aromatic carbocycles. The topological polar surface area (TPSA) is 30.7 Å². The van der Waals surface area contributed by atoms with Crippen LogP contribution in [0.3, 0.4) is 0 Å². The van der Waals surface area contributed by atoms with Gasteiger partial charge >= 0.3 is 6.18 Å². The molecule has 49 heavy (non-hydrogen) atoms. The van der Waals surface area contributed by atoms with Gasteiger partial charge in [0.1, 0.15) is 0 Å². The number of para-hydroxylation sites is 3. The first kappa shape index (κ1) is 28.7. The Morgan fingerprint density at radius 2 is 1.55 bits per heavy atom. The van der Waals surface area contributed by atoms with Crippen molar-refractivity contribution in [1.29, 1.82) is 0 Å². The maximum absolute atomic E-state index is 13.5. The van der Waals surface area contributed by atoms with E-state index in [-0.39, 0.29) is 43.1 Å². The van der Waals surface area contributed by atoms with Crippen LogP contribution in [0, 0.1) is 25.2 Å². The molecule has 0 aliphatic rings. The smallest absolute Gasteiger partial charge is 0.333 e. The molecule has 0 unspecified atom stereocenters. The SMILES string of the molecule is CC(C)c1cccc(C(C)C)c1-n1c(-c2[c-]sc3ccc(C(F)(F)F)cc23)nc2ccccc21.[2H]C([2H])([2H])c1c[c-]c(-c2ccc(C([2H])([2H])[2H])cn2)cc1.[Ir]. The molecule has 3 nitrogen and oxygen atoms in total. The zero-order valence-electron chi connectivity index (χ0n) is 33.1. The average molecular weight is 858 g/mol. The van der Waals surface area contributed by atoms with Gasteiger partial charge in [0.05, 0.1) is 16.9 Å². The van der Waals surface area contributed by atoms with Crippen molar-refractivity contribution in [3.63, 3.8) is 0 Å². The van der Waals surface area contributed by atoms with E-state index < -0.39 is 25.4 Å². The van der Waals surface area contributed by atoms with E-state index in [9.17, 15) is 13.2 Å². The molecule has 0 amide bonds. The fourth-order valence-corrected chi connectivity index (χ4v) is 6.47. The molecule has 7 rings (SSSR count). The van der Waals surface area contributed by atoms with Gasteiger partial charge in [0.25, 0.3) is 0 Å². The van der Waals surface area contributed by atoms with Gasteiger partial charge in [-0.2, -0.15) is 13.2 Å². The van der Waals surface area contributed by atoms with Gasteiger partial charge in [-0.3, -0.25) is 16.3 Å². The van der Waals surface area contributed by atoms with E-state index in [0.29, 0.717) is 28.0 Å². The van der Waals surface area contributed by atoms with Crippen LogP contribution in [-0.2, 0) is 26.3 Å². The van der Waals surface area contributed by atoms with E-state index in [1.54, 1.807) is 12.1 Å². The molecule has 0 spiro atoms. The third kappa shape index (κ3) is 7.57. The van der Waals surface area contributed by atoms with Gasteiger partial charge in [0.15, 0.2) is 0 Å². The second kappa shape index (κ2) is 14.8. The molecule has 0 atom stereocenters. The largest absolute Gasteiger partial charge is 0.415 e. The molecular weight excluding hydrogens is 816 g/mol. The molecule has 7 aromatic rings. The molecule has 0 saturated heterocycles. The van der Waals surface area contributed by atoms with Crippen molar-refractivity contribution in [3.8, 4) is 28.3 Å². The van der Waals surface area contributed by atoms with Crippen LogP contribution in [0.15, 0.2) is 97.2 Å². The van der Waals surface area contributed by atoms with Crippen LogP contribution in [0.25, 0.3) is 49.5 Å². The van der Waals surface area contributed by atoms with Crippen molar-refractivity contribution >= 4 is 32.5 Å². The van der Waals surface area contributed by atoms with Crippen LogP contribution in [0.5, 0.6) is 0 Å². The summed E-state index contributed by atoms with van der Waals surface area (Å²) in [5.41, 5.74) is 6.59. The van der Waals surface area contributed by atoms with E-state index in [0.717, 1.165) is 27.5 Å². The fraction of sp³-hybridized carbons (Fsp3) is 0.220. The Bertz CT molecular complexity index is 2330. The summed E-state index contributed by atoms with van der Waals surface area (Å²) in [7, 11) is 0. The minimum Gasteiger partial charge on any atom is -0.333 e. The van der Waals surface area contributed by atoms with Crippen molar-refractivity contribution in [1.82, 2.24) is 14.5 Å².